The largest absolute Gasteiger partial charge is 0.345 e. The van der Waals surface area contributed by atoms with Crippen LogP contribution >= 0.6 is 0 Å². The Labute approximate surface area is 91.7 Å². The summed E-state index contributed by atoms with van der Waals surface area (Å²) in [5, 5.41) is 0. The Morgan fingerprint density at radius 2 is 1.93 bits per heavy atom. The SMILES string of the molecule is Cc1ccccc1N(C)C1=CCCC=C1. The molecule has 0 atom stereocenters. The van der Waals surface area contributed by atoms with E-state index in [1.807, 2.05) is 0 Å². The molecule has 0 unspecified atom stereocenters. The van der Waals surface area contributed by atoms with Crippen LogP contribution in [0.5, 0.6) is 0 Å². The number of para-hydroxylation sites is 1. The van der Waals surface area contributed by atoms with Crippen LogP contribution in [0.4, 0.5) is 5.69 Å². The predicted molar refractivity (Wildman–Crippen MR) is 66.0 cm³/mol. The van der Waals surface area contributed by atoms with Crippen molar-refractivity contribution in [3.05, 3.63) is 53.8 Å². The zero-order valence-corrected chi connectivity index (χ0v) is 9.40. The summed E-state index contributed by atoms with van der Waals surface area (Å²) in [6, 6.07) is 8.49. The average molecular weight is 199 g/mol. The van der Waals surface area contributed by atoms with Gasteiger partial charge in [0, 0.05) is 18.4 Å². The Hall–Kier alpha value is -1.50. The third kappa shape index (κ3) is 2.12. The quantitative estimate of drug-likeness (QED) is 0.702. The number of anilines is 1. The van der Waals surface area contributed by atoms with Gasteiger partial charge in [-0.2, -0.15) is 0 Å². The van der Waals surface area contributed by atoms with Gasteiger partial charge in [0.25, 0.3) is 0 Å². The molecule has 1 aromatic carbocycles. The number of nitrogens with zero attached hydrogens (tertiary/aromatic N) is 1. The lowest BCUT2D eigenvalue weighted by Crippen LogP contribution is -2.16. The molecule has 0 aromatic heterocycles. The summed E-state index contributed by atoms with van der Waals surface area (Å²) in [5.41, 5.74) is 3.91. The summed E-state index contributed by atoms with van der Waals surface area (Å²) in [4.78, 5) is 2.25. The molecular weight excluding hydrogens is 182 g/mol. The van der Waals surface area contributed by atoms with Gasteiger partial charge in [-0.3, -0.25) is 0 Å². The van der Waals surface area contributed by atoms with Gasteiger partial charge in [-0.15, -0.1) is 0 Å². The third-order valence-corrected chi connectivity index (χ3v) is 2.84. The van der Waals surface area contributed by atoms with Gasteiger partial charge in [0.15, 0.2) is 0 Å². The molecule has 0 aliphatic heterocycles. The van der Waals surface area contributed by atoms with Crippen molar-refractivity contribution in [3.8, 4) is 0 Å². The fourth-order valence-electron chi connectivity index (χ4n) is 1.93. The molecule has 1 heteroatoms. The summed E-state index contributed by atoms with van der Waals surface area (Å²) < 4.78 is 0. The molecule has 0 bridgehead atoms. The van der Waals surface area contributed by atoms with Crippen molar-refractivity contribution in [2.75, 3.05) is 11.9 Å². The first-order chi connectivity index (χ1) is 7.29. The van der Waals surface area contributed by atoms with Crippen molar-refractivity contribution >= 4 is 5.69 Å². The first-order valence-electron chi connectivity index (χ1n) is 5.45. The molecule has 0 saturated carbocycles. The topological polar surface area (TPSA) is 3.24 Å². The molecule has 0 spiro atoms. The van der Waals surface area contributed by atoms with E-state index >= 15 is 0 Å². The van der Waals surface area contributed by atoms with Crippen LogP contribution in [0.15, 0.2) is 48.2 Å². The van der Waals surface area contributed by atoms with Crippen LogP contribution < -0.4 is 4.90 Å². The number of hydrogen-bond acceptors (Lipinski definition) is 1. The lowest BCUT2D eigenvalue weighted by Gasteiger charge is -2.24. The van der Waals surface area contributed by atoms with Gasteiger partial charge in [0.05, 0.1) is 0 Å². The number of likely N-dealkylation sites (N-methyl/N-ethyl adjacent to an activating group) is 1. The van der Waals surface area contributed by atoms with Crippen molar-refractivity contribution in [1.29, 1.82) is 0 Å². The minimum atomic E-state index is 1.15. The van der Waals surface area contributed by atoms with E-state index in [9.17, 15) is 0 Å². The molecule has 1 aliphatic carbocycles. The van der Waals surface area contributed by atoms with Crippen molar-refractivity contribution < 1.29 is 0 Å². The van der Waals surface area contributed by atoms with Gasteiger partial charge in [-0.25, -0.2) is 0 Å². The maximum atomic E-state index is 2.30. The summed E-state index contributed by atoms with van der Waals surface area (Å²) in [5.74, 6) is 0. The van der Waals surface area contributed by atoms with Crippen LogP contribution in [0.1, 0.15) is 18.4 Å². The Bertz CT molecular complexity index is 402. The second-order valence-electron chi connectivity index (χ2n) is 3.95. The molecule has 0 heterocycles. The fourth-order valence-corrected chi connectivity index (χ4v) is 1.93. The zero-order chi connectivity index (χ0) is 10.7. The summed E-state index contributed by atoms with van der Waals surface area (Å²) in [6.07, 6.45) is 9.07. The van der Waals surface area contributed by atoms with Crippen LogP contribution in [0.2, 0.25) is 0 Å². The number of hydrogen-bond donors (Lipinski definition) is 0. The van der Waals surface area contributed by atoms with Crippen molar-refractivity contribution in [2.24, 2.45) is 0 Å². The maximum Gasteiger partial charge on any atom is 0.0437 e. The highest BCUT2D eigenvalue weighted by Gasteiger charge is 2.07. The molecule has 1 nitrogen and oxygen atoms in total. The molecule has 0 saturated heterocycles. The van der Waals surface area contributed by atoms with Gasteiger partial charge in [0.2, 0.25) is 0 Å². The van der Waals surface area contributed by atoms with E-state index in [1.165, 1.54) is 23.4 Å². The summed E-state index contributed by atoms with van der Waals surface area (Å²) in [7, 11) is 2.13. The minimum Gasteiger partial charge on any atom is -0.345 e. The molecule has 15 heavy (non-hydrogen) atoms. The molecular formula is C14H17N. The average Bonchev–Trinajstić information content (AvgIpc) is 2.30. The second kappa shape index (κ2) is 4.35. The number of benzene rings is 1. The molecule has 0 N–H and O–H groups in total. The standard InChI is InChI=1S/C14H17N/c1-12-8-6-7-11-14(12)15(2)13-9-4-3-5-10-13/h4,6-11H,3,5H2,1-2H3. The predicted octanol–water partition coefficient (Wildman–Crippen LogP) is 3.67. The molecule has 1 aliphatic rings. The first kappa shape index (κ1) is 10.0. The molecule has 2 rings (SSSR count). The molecule has 1 aromatic rings. The maximum absolute atomic E-state index is 2.30. The Morgan fingerprint density at radius 1 is 1.13 bits per heavy atom. The van der Waals surface area contributed by atoms with E-state index < -0.39 is 0 Å². The van der Waals surface area contributed by atoms with Gasteiger partial charge >= 0.3 is 0 Å². The van der Waals surface area contributed by atoms with Gasteiger partial charge in [-0.05, 0) is 37.5 Å². The van der Waals surface area contributed by atoms with E-state index in [2.05, 4.69) is 61.4 Å². The van der Waals surface area contributed by atoms with Crippen molar-refractivity contribution in [2.45, 2.75) is 19.8 Å². The second-order valence-corrected chi connectivity index (χ2v) is 3.95. The fraction of sp³-hybridized carbons (Fsp3) is 0.286. The number of aryl methyl sites for hydroxylation is 1. The first-order valence-corrected chi connectivity index (χ1v) is 5.45. The highest BCUT2D eigenvalue weighted by atomic mass is 15.1. The molecule has 78 valence electrons. The molecule has 0 radical (unpaired) electrons. The lowest BCUT2D eigenvalue weighted by molar-refractivity contribution is 0.981. The van der Waals surface area contributed by atoms with E-state index in [0.29, 0.717) is 0 Å². The summed E-state index contributed by atoms with van der Waals surface area (Å²) in [6.45, 7) is 2.15. The highest BCUT2D eigenvalue weighted by Crippen LogP contribution is 2.24. The lowest BCUT2D eigenvalue weighted by atomic mass is 10.1. The van der Waals surface area contributed by atoms with Crippen LogP contribution in [-0.4, -0.2) is 7.05 Å². The molecule has 0 amide bonds. The van der Waals surface area contributed by atoms with Crippen molar-refractivity contribution in [3.63, 3.8) is 0 Å². The Morgan fingerprint density at radius 3 is 2.60 bits per heavy atom. The Balaban J connectivity index is 2.28. The van der Waals surface area contributed by atoms with E-state index in [-0.39, 0.29) is 0 Å². The Kier molecular flexibility index (Phi) is 2.91. The smallest absolute Gasteiger partial charge is 0.0437 e. The van der Waals surface area contributed by atoms with Crippen LogP contribution in [-0.2, 0) is 0 Å². The van der Waals surface area contributed by atoms with E-state index in [1.54, 1.807) is 0 Å². The van der Waals surface area contributed by atoms with Crippen molar-refractivity contribution in [1.82, 2.24) is 0 Å². The summed E-state index contributed by atoms with van der Waals surface area (Å²) >= 11 is 0. The normalized spacial score (nSPS) is 14.9. The van der Waals surface area contributed by atoms with E-state index in [0.717, 1.165) is 6.42 Å². The van der Waals surface area contributed by atoms with Crippen LogP contribution in [0.25, 0.3) is 0 Å². The van der Waals surface area contributed by atoms with E-state index in [4.69, 9.17) is 0 Å². The highest BCUT2D eigenvalue weighted by molar-refractivity contribution is 5.58. The van der Waals surface area contributed by atoms with Crippen LogP contribution in [0.3, 0.4) is 0 Å². The third-order valence-electron chi connectivity index (χ3n) is 2.84. The molecule has 0 fully saturated rings. The number of rotatable bonds is 2. The zero-order valence-electron chi connectivity index (χ0n) is 9.40. The van der Waals surface area contributed by atoms with Gasteiger partial charge in [-0.1, -0.05) is 30.4 Å². The monoisotopic (exact) mass is 199 g/mol. The number of allylic oxidation sites excluding steroid dienone is 3. The van der Waals surface area contributed by atoms with Crippen LogP contribution in [0, 0.1) is 6.92 Å². The van der Waals surface area contributed by atoms with Gasteiger partial charge < -0.3 is 4.90 Å². The van der Waals surface area contributed by atoms with Gasteiger partial charge in [0.1, 0.15) is 0 Å². The minimum absolute atomic E-state index is 1.15.